The maximum atomic E-state index is 5.17. The molecule has 0 N–H and O–H groups in total. The average molecular weight is 963 g/mol. The van der Waals surface area contributed by atoms with Crippen molar-refractivity contribution >= 4 is 51.2 Å². The van der Waals surface area contributed by atoms with Gasteiger partial charge in [0.2, 0.25) is 0 Å². The van der Waals surface area contributed by atoms with Crippen LogP contribution >= 0.6 is 0 Å². The van der Waals surface area contributed by atoms with E-state index in [1.54, 1.807) is 0 Å². The van der Waals surface area contributed by atoms with E-state index >= 15 is 0 Å². The highest BCUT2D eigenvalue weighted by molar-refractivity contribution is 6.14. The second-order valence-electron chi connectivity index (χ2n) is 18.8. The Hall–Kier alpha value is -8.73. The molecule has 0 aliphatic rings. The molecule has 4 heteroatoms. The van der Waals surface area contributed by atoms with Crippen LogP contribution in [-0.4, -0.2) is 18.8 Å². The molecule has 10 aromatic rings. The Balaban J connectivity index is 0.000000206. The van der Waals surface area contributed by atoms with Gasteiger partial charge in [0.05, 0.1) is 11.4 Å². The van der Waals surface area contributed by atoms with Crippen molar-refractivity contribution in [2.75, 3.05) is 27.8 Å². The molecule has 1 unspecified atom stereocenters. The van der Waals surface area contributed by atoms with Gasteiger partial charge in [-0.2, -0.15) is 0 Å². The highest BCUT2D eigenvalue weighted by Crippen LogP contribution is 2.39. The topological polar surface area (TPSA) is 22.1 Å². The third-order valence-electron chi connectivity index (χ3n) is 13.7. The second kappa shape index (κ2) is 24.1. The van der Waals surface area contributed by atoms with Crippen molar-refractivity contribution in [2.24, 2.45) is 4.99 Å². The van der Waals surface area contributed by atoms with Crippen molar-refractivity contribution in [1.29, 1.82) is 0 Å². The van der Waals surface area contributed by atoms with Crippen LogP contribution in [0.3, 0.4) is 0 Å². The number of anilines is 7. The van der Waals surface area contributed by atoms with E-state index in [0.717, 1.165) is 69.7 Å². The Morgan fingerprint density at radius 1 is 0.351 bits per heavy atom. The average Bonchev–Trinajstić information content (AvgIpc) is 3.45. The summed E-state index contributed by atoms with van der Waals surface area (Å²) in [6.07, 6.45) is 0. The van der Waals surface area contributed by atoms with Crippen LogP contribution in [0.5, 0.6) is 0 Å². The lowest BCUT2D eigenvalue weighted by Crippen LogP contribution is -2.22. The molecule has 0 radical (unpaired) electrons. The minimum absolute atomic E-state index is 0.256. The largest absolute Gasteiger partial charge is 0.372 e. The summed E-state index contributed by atoms with van der Waals surface area (Å²) >= 11 is 0. The lowest BCUT2D eigenvalue weighted by molar-refractivity contribution is 0.862. The SMILES string of the molecule is CCN(CC)c1ccc(C(c2ccc(C)cc2)c2ccc(C)cc2C)c(C)c1.c1ccc(N=C(c2ccc(N(c3ccccc3)c3ccccc3)cc2)c2ccc(N(c3ccccc3)c3ccccc3)cc2)cc1. The number of benzene rings is 10. The fraction of sp³-hybridized carbons (Fsp3) is 0.129. The standard InChI is InChI=1S/C43H33N3.C27H33N/c1-6-16-36(17-7-1)44-43(34-26-30-41(31-27-34)45(37-18-8-2-9-19-37)38-20-10-3-11-21-38)35-28-32-42(33-29-35)46(39-22-12-4-13-23-39)40-24-14-5-15-25-40;1-7-28(8-2)24-14-16-26(22(6)18-24)27(23-12-9-19(3)10-13-23)25-15-11-20(4)17-21(25)5/h1-33H;9-18,27H,7-8H2,1-6H3. The molecule has 0 spiro atoms. The zero-order chi connectivity index (χ0) is 51.2. The van der Waals surface area contributed by atoms with Gasteiger partial charge in [-0.1, -0.05) is 175 Å². The van der Waals surface area contributed by atoms with E-state index in [1.165, 1.54) is 44.6 Å². The van der Waals surface area contributed by atoms with E-state index in [9.17, 15) is 0 Å². The van der Waals surface area contributed by atoms with Gasteiger partial charge < -0.3 is 14.7 Å². The van der Waals surface area contributed by atoms with Gasteiger partial charge in [-0.3, -0.25) is 0 Å². The number of rotatable bonds is 15. The first kappa shape index (κ1) is 50.2. The van der Waals surface area contributed by atoms with Crippen LogP contribution in [0, 0.1) is 27.7 Å². The molecule has 74 heavy (non-hydrogen) atoms. The molecule has 0 saturated heterocycles. The van der Waals surface area contributed by atoms with Crippen molar-refractivity contribution in [3.05, 3.63) is 311 Å². The molecule has 10 rings (SSSR count). The van der Waals surface area contributed by atoms with Gasteiger partial charge in [0, 0.05) is 69.9 Å². The van der Waals surface area contributed by atoms with Gasteiger partial charge in [0.25, 0.3) is 0 Å². The number of aryl methyl sites for hydroxylation is 4. The number of hydrogen-bond acceptors (Lipinski definition) is 4. The molecule has 0 fully saturated rings. The summed E-state index contributed by atoms with van der Waals surface area (Å²) in [7, 11) is 0. The number of nitrogens with zero attached hydrogens (tertiary/aromatic N) is 4. The fourth-order valence-electron chi connectivity index (χ4n) is 9.87. The highest BCUT2D eigenvalue weighted by Gasteiger charge is 2.22. The van der Waals surface area contributed by atoms with E-state index in [1.807, 2.05) is 54.6 Å². The van der Waals surface area contributed by atoms with E-state index in [2.05, 4.69) is 262 Å². The lowest BCUT2D eigenvalue weighted by atomic mass is 9.80. The molecule has 1 atom stereocenters. The van der Waals surface area contributed by atoms with Gasteiger partial charge in [-0.05, 0) is 166 Å². The molecular formula is C70H66N4. The molecule has 0 heterocycles. The van der Waals surface area contributed by atoms with Gasteiger partial charge in [0.1, 0.15) is 0 Å². The molecular weight excluding hydrogens is 897 g/mol. The van der Waals surface area contributed by atoms with Gasteiger partial charge in [-0.15, -0.1) is 0 Å². The van der Waals surface area contributed by atoms with Crippen LogP contribution in [0.15, 0.2) is 266 Å². The first-order chi connectivity index (χ1) is 36.3. The summed E-state index contributed by atoms with van der Waals surface area (Å²) in [4.78, 5) is 12.1. The Labute approximate surface area is 440 Å². The summed E-state index contributed by atoms with van der Waals surface area (Å²) in [5.74, 6) is 0.256. The summed E-state index contributed by atoms with van der Waals surface area (Å²) < 4.78 is 0. The smallest absolute Gasteiger partial charge is 0.0781 e. The zero-order valence-electron chi connectivity index (χ0n) is 43.6. The molecule has 0 aliphatic carbocycles. The predicted octanol–water partition coefficient (Wildman–Crippen LogP) is 18.7. The molecule has 0 amide bonds. The maximum Gasteiger partial charge on any atom is 0.0781 e. The van der Waals surface area contributed by atoms with E-state index in [-0.39, 0.29) is 5.92 Å². The first-order valence-corrected chi connectivity index (χ1v) is 25.9. The zero-order valence-corrected chi connectivity index (χ0v) is 43.6. The minimum Gasteiger partial charge on any atom is -0.372 e. The summed E-state index contributed by atoms with van der Waals surface area (Å²) in [5, 5.41) is 0. The fourth-order valence-corrected chi connectivity index (χ4v) is 9.87. The van der Waals surface area contributed by atoms with Crippen molar-refractivity contribution in [3.63, 3.8) is 0 Å². The molecule has 0 saturated carbocycles. The van der Waals surface area contributed by atoms with E-state index in [4.69, 9.17) is 4.99 Å². The molecule has 0 aromatic heterocycles. The summed E-state index contributed by atoms with van der Waals surface area (Å²) in [6, 6.07) is 92.3. The van der Waals surface area contributed by atoms with Crippen molar-refractivity contribution < 1.29 is 0 Å². The molecule has 0 aliphatic heterocycles. The van der Waals surface area contributed by atoms with E-state index in [0.29, 0.717) is 0 Å². The van der Waals surface area contributed by atoms with Gasteiger partial charge in [-0.25, -0.2) is 4.99 Å². The van der Waals surface area contributed by atoms with Crippen molar-refractivity contribution in [1.82, 2.24) is 0 Å². The third kappa shape index (κ3) is 12.0. The Morgan fingerprint density at radius 2 is 0.703 bits per heavy atom. The predicted molar refractivity (Wildman–Crippen MR) is 317 cm³/mol. The van der Waals surface area contributed by atoms with Gasteiger partial charge in [0.15, 0.2) is 0 Å². The van der Waals surface area contributed by atoms with Crippen LogP contribution in [0.1, 0.15) is 69.8 Å². The maximum absolute atomic E-state index is 5.17. The Morgan fingerprint density at radius 3 is 1.09 bits per heavy atom. The minimum atomic E-state index is 0.256. The monoisotopic (exact) mass is 963 g/mol. The highest BCUT2D eigenvalue weighted by atomic mass is 15.1. The van der Waals surface area contributed by atoms with E-state index < -0.39 is 0 Å². The van der Waals surface area contributed by atoms with Crippen molar-refractivity contribution in [2.45, 2.75) is 47.5 Å². The van der Waals surface area contributed by atoms with Crippen molar-refractivity contribution in [3.8, 4) is 0 Å². The third-order valence-corrected chi connectivity index (χ3v) is 13.7. The number of para-hydroxylation sites is 5. The normalized spacial score (nSPS) is 11.2. The second-order valence-corrected chi connectivity index (χ2v) is 18.8. The van der Waals surface area contributed by atoms with Crippen LogP contribution in [0.25, 0.3) is 0 Å². The van der Waals surface area contributed by atoms with Crippen LogP contribution in [0.2, 0.25) is 0 Å². The lowest BCUT2D eigenvalue weighted by Gasteiger charge is -2.26. The first-order valence-electron chi connectivity index (χ1n) is 25.9. The van der Waals surface area contributed by atoms with Crippen LogP contribution in [0.4, 0.5) is 45.5 Å². The van der Waals surface area contributed by atoms with Crippen LogP contribution < -0.4 is 14.7 Å². The van der Waals surface area contributed by atoms with Gasteiger partial charge >= 0.3 is 0 Å². The quantitative estimate of drug-likeness (QED) is 0.0755. The number of aliphatic imine (C=N–C) groups is 1. The molecule has 366 valence electrons. The molecule has 0 bridgehead atoms. The summed E-state index contributed by atoms with van der Waals surface area (Å²) in [6.45, 7) is 15.3. The molecule has 10 aromatic carbocycles. The van der Waals surface area contributed by atoms with Crippen LogP contribution in [-0.2, 0) is 0 Å². The Bertz CT molecular complexity index is 3140. The molecule has 4 nitrogen and oxygen atoms in total. The number of hydrogen-bond donors (Lipinski definition) is 0. The Kier molecular flexibility index (Phi) is 16.4. The summed E-state index contributed by atoms with van der Waals surface area (Å²) in [5.41, 5.74) is 21.3.